The molecule has 6 heteroatoms. The molecule has 0 radical (unpaired) electrons. The number of anilines is 1. The van der Waals surface area contributed by atoms with Gasteiger partial charge in [0.1, 0.15) is 5.69 Å². The Hall–Kier alpha value is -1.88. The van der Waals surface area contributed by atoms with Crippen molar-refractivity contribution < 1.29 is 13.6 Å². The maximum atomic E-state index is 13.2. The van der Waals surface area contributed by atoms with Crippen molar-refractivity contribution in [2.75, 3.05) is 5.73 Å². The zero-order valence-corrected chi connectivity index (χ0v) is 11.9. The van der Waals surface area contributed by atoms with Gasteiger partial charge in [0.25, 0.3) is 0 Å². The van der Waals surface area contributed by atoms with Crippen LogP contribution in [0.15, 0.2) is 18.2 Å². The first-order chi connectivity index (χ1) is 9.99. The molecule has 0 spiro atoms. The summed E-state index contributed by atoms with van der Waals surface area (Å²) in [6, 6.07) is 3.43. The van der Waals surface area contributed by atoms with Crippen LogP contribution in [0.1, 0.15) is 28.2 Å². The van der Waals surface area contributed by atoms with Gasteiger partial charge in [-0.3, -0.25) is 4.79 Å². The van der Waals surface area contributed by atoms with Crippen LogP contribution in [0.2, 0.25) is 5.02 Å². The van der Waals surface area contributed by atoms with Crippen LogP contribution in [0.25, 0.3) is 0 Å². The van der Waals surface area contributed by atoms with Gasteiger partial charge in [-0.15, -0.1) is 0 Å². The van der Waals surface area contributed by atoms with Crippen molar-refractivity contribution in [3.8, 4) is 0 Å². The fourth-order valence-corrected chi connectivity index (χ4v) is 3.08. The third-order valence-corrected chi connectivity index (χ3v) is 4.14. The van der Waals surface area contributed by atoms with E-state index in [1.807, 2.05) is 4.57 Å². The Morgan fingerprint density at radius 3 is 2.81 bits per heavy atom. The molecule has 0 bridgehead atoms. The number of hydrogen-bond donors (Lipinski definition) is 1. The first-order valence-corrected chi connectivity index (χ1v) is 7.00. The van der Waals surface area contributed by atoms with E-state index in [0.29, 0.717) is 23.5 Å². The minimum Gasteiger partial charge on any atom is -0.396 e. The topological polar surface area (TPSA) is 48.0 Å². The van der Waals surface area contributed by atoms with E-state index in [1.165, 1.54) is 6.07 Å². The van der Waals surface area contributed by atoms with Crippen molar-refractivity contribution in [1.82, 2.24) is 4.57 Å². The van der Waals surface area contributed by atoms with Crippen LogP contribution < -0.4 is 5.73 Å². The highest BCUT2D eigenvalue weighted by Crippen LogP contribution is 2.35. The van der Waals surface area contributed by atoms with Crippen LogP contribution in [0.3, 0.4) is 0 Å². The molecule has 2 N–H and O–H groups in total. The number of hydrogen-bond acceptors (Lipinski definition) is 2. The Morgan fingerprint density at radius 1 is 1.33 bits per heavy atom. The lowest BCUT2D eigenvalue weighted by Crippen LogP contribution is -2.11. The minimum atomic E-state index is -0.966. The number of nitrogens with two attached hydrogens (primary N) is 1. The van der Waals surface area contributed by atoms with E-state index < -0.39 is 11.6 Å². The highest BCUT2D eigenvalue weighted by molar-refractivity contribution is 6.36. The zero-order chi connectivity index (χ0) is 15.1. The van der Waals surface area contributed by atoms with Gasteiger partial charge in [-0.05, 0) is 30.5 Å². The van der Waals surface area contributed by atoms with Crippen LogP contribution in [-0.2, 0) is 19.4 Å². The van der Waals surface area contributed by atoms with Gasteiger partial charge in [0.15, 0.2) is 17.4 Å². The van der Waals surface area contributed by atoms with Crippen molar-refractivity contribution in [2.24, 2.45) is 0 Å². The van der Waals surface area contributed by atoms with E-state index in [4.69, 9.17) is 17.3 Å². The largest absolute Gasteiger partial charge is 0.396 e. The van der Waals surface area contributed by atoms with E-state index in [9.17, 15) is 13.6 Å². The molecule has 0 atom stereocenters. The molecule has 0 saturated carbocycles. The van der Waals surface area contributed by atoms with Gasteiger partial charge in [0.05, 0.1) is 10.7 Å². The number of nitrogens with zero attached hydrogens (tertiary/aromatic N) is 1. The summed E-state index contributed by atoms with van der Waals surface area (Å²) in [5.74, 6) is -2.14. The predicted molar refractivity (Wildman–Crippen MR) is 76.6 cm³/mol. The summed E-state index contributed by atoms with van der Waals surface area (Å²) < 4.78 is 27.9. The molecule has 110 valence electrons. The quantitative estimate of drug-likeness (QED) is 0.884. The van der Waals surface area contributed by atoms with E-state index in [-0.39, 0.29) is 17.2 Å². The molecule has 0 fully saturated rings. The van der Waals surface area contributed by atoms with Crippen LogP contribution in [0, 0.1) is 11.6 Å². The van der Waals surface area contributed by atoms with Crippen molar-refractivity contribution in [2.45, 2.75) is 25.8 Å². The SMILES string of the molecule is Nc1c(Cl)c(C(=O)Cc2ccc(F)c(F)c2)n2c1CCC2. The summed E-state index contributed by atoms with van der Waals surface area (Å²) in [4.78, 5) is 12.4. The number of benzene rings is 1. The Kier molecular flexibility index (Phi) is 3.45. The maximum absolute atomic E-state index is 13.2. The average molecular weight is 311 g/mol. The molecule has 2 aromatic rings. The van der Waals surface area contributed by atoms with Gasteiger partial charge in [-0.25, -0.2) is 8.78 Å². The maximum Gasteiger partial charge on any atom is 0.185 e. The normalized spacial score (nSPS) is 13.5. The Balaban J connectivity index is 1.93. The van der Waals surface area contributed by atoms with Crippen LogP contribution in [0.5, 0.6) is 0 Å². The highest BCUT2D eigenvalue weighted by atomic mass is 35.5. The van der Waals surface area contributed by atoms with E-state index in [2.05, 4.69) is 0 Å². The summed E-state index contributed by atoms with van der Waals surface area (Å²) >= 11 is 6.15. The molecule has 1 aromatic carbocycles. The molecule has 1 aliphatic rings. The Morgan fingerprint density at radius 2 is 2.10 bits per heavy atom. The first kappa shape index (κ1) is 14.1. The van der Waals surface area contributed by atoms with Gasteiger partial charge in [0.2, 0.25) is 0 Å². The number of nitrogen functional groups attached to an aromatic ring is 1. The third kappa shape index (κ3) is 2.31. The monoisotopic (exact) mass is 310 g/mol. The number of carbonyl (C=O) groups is 1. The third-order valence-electron chi connectivity index (χ3n) is 3.76. The lowest BCUT2D eigenvalue weighted by molar-refractivity contribution is 0.0984. The van der Waals surface area contributed by atoms with Crippen molar-refractivity contribution in [1.29, 1.82) is 0 Å². The van der Waals surface area contributed by atoms with E-state index in [1.54, 1.807) is 0 Å². The van der Waals surface area contributed by atoms with Gasteiger partial charge in [-0.2, -0.15) is 0 Å². The average Bonchev–Trinajstić information content (AvgIpc) is 2.98. The molecule has 0 aliphatic carbocycles. The second kappa shape index (κ2) is 5.15. The molecule has 0 unspecified atom stereocenters. The molecule has 0 amide bonds. The number of Topliss-reactive ketones (excluding diaryl/α,β-unsaturated/α-hetero) is 1. The molecule has 1 aromatic heterocycles. The summed E-state index contributed by atoms with van der Waals surface area (Å²) in [5, 5.41) is 0.261. The van der Waals surface area contributed by atoms with Crippen LogP contribution in [0.4, 0.5) is 14.5 Å². The van der Waals surface area contributed by atoms with E-state index >= 15 is 0 Å². The van der Waals surface area contributed by atoms with Crippen molar-refractivity contribution in [3.63, 3.8) is 0 Å². The number of carbonyl (C=O) groups excluding carboxylic acids is 1. The van der Waals surface area contributed by atoms with Gasteiger partial charge >= 0.3 is 0 Å². The number of ketones is 1. The molecular weight excluding hydrogens is 298 g/mol. The fraction of sp³-hybridized carbons (Fsp3) is 0.267. The zero-order valence-electron chi connectivity index (χ0n) is 11.1. The van der Waals surface area contributed by atoms with Gasteiger partial charge in [0, 0.05) is 18.7 Å². The lowest BCUT2D eigenvalue weighted by atomic mass is 10.1. The van der Waals surface area contributed by atoms with Gasteiger partial charge < -0.3 is 10.3 Å². The summed E-state index contributed by atoms with van der Waals surface area (Å²) in [5.41, 5.74) is 8.02. The highest BCUT2D eigenvalue weighted by Gasteiger charge is 2.27. The molecule has 3 nitrogen and oxygen atoms in total. The minimum absolute atomic E-state index is 0.0419. The Bertz CT molecular complexity index is 740. The van der Waals surface area contributed by atoms with E-state index in [0.717, 1.165) is 30.7 Å². The molecule has 2 heterocycles. The Labute approximate surface area is 125 Å². The first-order valence-electron chi connectivity index (χ1n) is 6.62. The standard InChI is InChI=1S/C15H13ClF2N2O/c16-13-14(19)11-2-1-5-20(11)15(13)12(21)7-8-3-4-9(17)10(18)6-8/h3-4,6H,1-2,5,7,19H2. The van der Waals surface area contributed by atoms with Crippen LogP contribution >= 0.6 is 11.6 Å². The molecular formula is C15H13ClF2N2O. The molecule has 21 heavy (non-hydrogen) atoms. The lowest BCUT2D eigenvalue weighted by Gasteiger charge is -2.06. The van der Waals surface area contributed by atoms with Gasteiger partial charge in [-0.1, -0.05) is 17.7 Å². The number of aromatic nitrogens is 1. The smallest absolute Gasteiger partial charge is 0.185 e. The molecule has 3 rings (SSSR count). The molecule has 1 aliphatic heterocycles. The summed E-state index contributed by atoms with van der Waals surface area (Å²) in [6.45, 7) is 0.700. The van der Waals surface area contributed by atoms with Crippen molar-refractivity contribution in [3.05, 3.63) is 51.8 Å². The predicted octanol–water partition coefficient (Wildman–Crippen LogP) is 3.37. The van der Waals surface area contributed by atoms with Crippen LogP contribution in [-0.4, -0.2) is 10.4 Å². The fourth-order valence-electron chi connectivity index (χ4n) is 2.77. The molecule has 0 saturated heterocycles. The van der Waals surface area contributed by atoms with Crippen molar-refractivity contribution >= 4 is 23.1 Å². The number of rotatable bonds is 3. The summed E-state index contributed by atoms with van der Waals surface area (Å²) in [6.07, 6.45) is 1.67. The second-order valence-electron chi connectivity index (χ2n) is 5.13. The number of halogens is 3. The second-order valence-corrected chi connectivity index (χ2v) is 5.50. The number of fused-ring (bicyclic) bond motifs is 1. The summed E-state index contributed by atoms with van der Waals surface area (Å²) in [7, 11) is 0.